The highest BCUT2D eigenvalue weighted by atomic mass is 127. The van der Waals surface area contributed by atoms with Crippen molar-refractivity contribution in [3.8, 4) is 5.88 Å². The van der Waals surface area contributed by atoms with Gasteiger partial charge < -0.3 is 20.1 Å². The third-order valence-electron chi connectivity index (χ3n) is 2.55. The van der Waals surface area contributed by atoms with Crippen molar-refractivity contribution < 1.29 is 9.47 Å². The fourth-order valence-corrected chi connectivity index (χ4v) is 1.58. The minimum atomic E-state index is 0. The maximum Gasteiger partial charge on any atom is 0.213 e. The summed E-state index contributed by atoms with van der Waals surface area (Å²) in [6.45, 7) is 4.93. The summed E-state index contributed by atoms with van der Waals surface area (Å²) in [6, 6.07) is 5.66. The Labute approximate surface area is 143 Å². The van der Waals surface area contributed by atoms with Crippen molar-refractivity contribution in [2.75, 3.05) is 33.9 Å². The molecule has 0 fully saturated rings. The number of aliphatic imine (C=N–C) groups is 1. The first kappa shape index (κ1) is 19.9. The third-order valence-corrected chi connectivity index (χ3v) is 2.55. The highest BCUT2D eigenvalue weighted by Crippen LogP contribution is 2.07. The van der Waals surface area contributed by atoms with Crippen LogP contribution in [0.25, 0.3) is 0 Å². The quantitative estimate of drug-likeness (QED) is 0.297. The van der Waals surface area contributed by atoms with Crippen LogP contribution < -0.4 is 15.4 Å². The summed E-state index contributed by atoms with van der Waals surface area (Å²) in [4.78, 5) is 8.82. The summed E-state index contributed by atoms with van der Waals surface area (Å²) >= 11 is 0. The lowest BCUT2D eigenvalue weighted by atomic mass is 10.3. The molecule has 1 rings (SSSR count). The standard InChI is InChI=1S/C14H24N4O2.HI/c1-4-15-14(16-9-6-10-19-2)17-11-12-7-5-8-13(18-12)20-3;/h5,7-8H,4,6,9-11H2,1-3H3,(H2,15,16,17);1H. The molecule has 0 aliphatic carbocycles. The molecule has 0 unspecified atom stereocenters. The van der Waals surface area contributed by atoms with E-state index in [2.05, 4.69) is 20.6 Å². The van der Waals surface area contributed by atoms with E-state index in [0.717, 1.165) is 37.8 Å². The van der Waals surface area contributed by atoms with E-state index in [1.165, 1.54) is 0 Å². The molecule has 7 heteroatoms. The van der Waals surface area contributed by atoms with Crippen LogP contribution >= 0.6 is 24.0 Å². The van der Waals surface area contributed by atoms with Gasteiger partial charge in [0.2, 0.25) is 5.88 Å². The van der Waals surface area contributed by atoms with Crippen molar-refractivity contribution in [3.05, 3.63) is 23.9 Å². The molecular weight excluding hydrogens is 383 g/mol. The van der Waals surface area contributed by atoms with Crippen molar-refractivity contribution in [1.82, 2.24) is 15.6 Å². The van der Waals surface area contributed by atoms with Gasteiger partial charge in [0.05, 0.1) is 19.3 Å². The molecule has 120 valence electrons. The summed E-state index contributed by atoms with van der Waals surface area (Å²) in [5.74, 6) is 1.39. The molecule has 1 aromatic rings. The van der Waals surface area contributed by atoms with Crippen molar-refractivity contribution in [2.24, 2.45) is 4.99 Å². The number of guanidine groups is 1. The zero-order valence-corrected chi connectivity index (χ0v) is 15.2. The lowest BCUT2D eigenvalue weighted by molar-refractivity contribution is 0.195. The van der Waals surface area contributed by atoms with Crippen LogP contribution in [0.2, 0.25) is 0 Å². The van der Waals surface area contributed by atoms with Gasteiger partial charge in [-0.15, -0.1) is 24.0 Å². The number of pyridine rings is 1. The van der Waals surface area contributed by atoms with Crippen LogP contribution in [-0.4, -0.2) is 44.9 Å². The van der Waals surface area contributed by atoms with E-state index in [4.69, 9.17) is 9.47 Å². The average molecular weight is 408 g/mol. The van der Waals surface area contributed by atoms with Crippen LogP contribution in [0, 0.1) is 0 Å². The van der Waals surface area contributed by atoms with E-state index in [1.54, 1.807) is 14.2 Å². The molecule has 0 saturated carbocycles. The highest BCUT2D eigenvalue weighted by Gasteiger charge is 1.99. The molecule has 0 atom stereocenters. The number of aromatic nitrogens is 1. The second kappa shape index (κ2) is 12.6. The normalized spacial score (nSPS) is 10.7. The number of ether oxygens (including phenoxy) is 2. The lowest BCUT2D eigenvalue weighted by Crippen LogP contribution is -2.38. The molecule has 0 bridgehead atoms. The minimum absolute atomic E-state index is 0. The Morgan fingerprint density at radius 1 is 1.29 bits per heavy atom. The zero-order valence-electron chi connectivity index (χ0n) is 12.9. The Morgan fingerprint density at radius 3 is 2.76 bits per heavy atom. The molecule has 0 amide bonds. The topological polar surface area (TPSA) is 67.8 Å². The van der Waals surface area contributed by atoms with Crippen LogP contribution in [0.1, 0.15) is 19.0 Å². The Bertz CT molecular complexity index is 416. The van der Waals surface area contributed by atoms with Crippen molar-refractivity contribution >= 4 is 29.9 Å². The van der Waals surface area contributed by atoms with E-state index >= 15 is 0 Å². The summed E-state index contributed by atoms with van der Waals surface area (Å²) in [5.41, 5.74) is 0.874. The number of methoxy groups -OCH3 is 2. The summed E-state index contributed by atoms with van der Waals surface area (Å²) in [6.07, 6.45) is 0.943. The first-order valence-electron chi connectivity index (χ1n) is 6.81. The first-order valence-corrected chi connectivity index (χ1v) is 6.81. The molecule has 21 heavy (non-hydrogen) atoms. The van der Waals surface area contributed by atoms with Gasteiger partial charge >= 0.3 is 0 Å². The predicted octanol–water partition coefficient (Wildman–Crippen LogP) is 1.80. The van der Waals surface area contributed by atoms with Gasteiger partial charge in [0, 0.05) is 32.9 Å². The maximum absolute atomic E-state index is 5.10. The van der Waals surface area contributed by atoms with Gasteiger partial charge in [-0.3, -0.25) is 0 Å². The molecule has 0 aliphatic rings. The first-order chi connectivity index (χ1) is 9.80. The molecule has 6 nitrogen and oxygen atoms in total. The molecule has 2 N–H and O–H groups in total. The second-order valence-corrected chi connectivity index (χ2v) is 4.14. The van der Waals surface area contributed by atoms with E-state index in [1.807, 2.05) is 25.1 Å². The molecule has 1 heterocycles. The summed E-state index contributed by atoms with van der Waals surface area (Å²) < 4.78 is 10.1. The smallest absolute Gasteiger partial charge is 0.213 e. The Hall–Kier alpha value is -1.09. The molecule has 0 aliphatic heterocycles. The lowest BCUT2D eigenvalue weighted by Gasteiger charge is -2.11. The summed E-state index contributed by atoms with van der Waals surface area (Å²) in [5, 5.41) is 6.45. The van der Waals surface area contributed by atoms with Crippen LogP contribution in [-0.2, 0) is 11.3 Å². The average Bonchev–Trinajstić information content (AvgIpc) is 2.49. The van der Waals surface area contributed by atoms with Crippen LogP contribution in [0.5, 0.6) is 5.88 Å². The Kier molecular flexibility index (Phi) is 12.0. The van der Waals surface area contributed by atoms with Crippen LogP contribution in [0.4, 0.5) is 0 Å². The van der Waals surface area contributed by atoms with E-state index in [0.29, 0.717) is 12.4 Å². The zero-order chi connectivity index (χ0) is 14.6. The van der Waals surface area contributed by atoms with Crippen LogP contribution in [0.3, 0.4) is 0 Å². The second-order valence-electron chi connectivity index (χ2n) is 4.14. The number of rotatable bonds is 8. The molecule has 0 spiro atoms. The molecule has 0 aromatic carbocycles. The van der Waals surface area contributed by atoms with E-state index in [-0.39, 0.29) is 24.0 Å². The third kappa shape index (κ3) is 8.71. The number of nitrogens with one attached hydrogen (secondary N) is 2. The number of hydrogen-bond acceptors (Lipinski definition) is 4. The Balaban J connectivity index is 0.00000400. The van der Waals surface area contributed by atoms with Crippen molar-refractivity contribution in [3.63, 3.8) is 0 Å². The largest absolute Gasteiger partial charge is 0.481 e. The fraction of sp³-hybridized carbons (Fsp3) is 0.571. The predicted molar refractivity (Wildman–Crippen MR) is 95.5 cm³/mol. The Morgan fingerprint density at radius 2 is 2.10 bits per heavy atom. The molecular formula is C14H25IN4O2. The van der Waals surface area contributed by atoms with Crippen molar-refractivity contribution in [1.29, 1.82) is 0 Å². The maximum atomic E-state index is 5.10. The minimum Gasteiger partial charge on any atom is -0.481 e. The molecule has 0 radical (unpaired) electrons. The van der Waals surface area contributed by atoms with Crippen LogP contribution in [0.15, 0.2) is 23.2 Å². The monoisotopic (exact) mass is 408 g/mol. The van der Waals surface area contributed by atoms with Gasteiger partial charge in [0.25, 0.3) is 0 Å². The number of hydrogen-bond donors (Lipinski definition) is 2. The SMILES string of the molecule is CCNC(=NCc1cccc(OC)n1)NCCCOC.I. The van der Waals surface area contributed by atoms with Gasteiger partial charge in [0.15, 0.2) is 5.96 Å². The van der Waals surface area contributed by atoms with Gasteiger partial charge in [-0.1, -0.05) is 6.07 Å². The van der Waals surface area contributed by atoms with E-state index < -0.39 is 0 Å². The van der Waals surface area contributed by atoms with E-state index in [9.17, 15) is 0 Å². The van der Waals surface area contributed by atoms with Gasteiger partial charge in [-0.05, 0) is 19.4 Å². The molecule has 1 aromatic heterocycles. The molecule has 0 saturated heterocycles. The number of nitrogens with zero attached hydrogens (tertiary/aromatic N) is 2. The van der Waals surface area contributed by atoms with Gasteiger partial charge in [-0.25, -0.2) is 9.98 Å². The highest BCUT2D eigenvalue weighted by molar-refractivity contribution is 14.0. The summed E-state index contributed by atoms with van der Waals surface area (Å²) in [7, 11) is 3.31. The number of halogens is 1. The van der Waals surface area contributed by atoms with Crippen molar-refractivity contribution in [2.45, 2.75) is 19.9 Å². The van der Waals surface area contributed by atoms with Gasteiger partial charge in [-0.2, -0.15) is 0 Å². The van der Waals surface area contributed by atoms with Gasteiger partial charge in [0.1, 0.15) is 0 Å². The fourth-order valence-electron chi connectivity index (χ4n) is 1.58.